The molecule has 1 aromatic carbocycles. The van der Waals surface area contributed by atoms with Gasteiger partial charge in [0.25, 0.3) is 15.9 Å². The molecule has 100 valence electrons. The van der Waals surface area contributed by atoms with Crippen LogP contribution in [0.4, 0.5) is 0 Å². The highest BCUT2D eigenvalue weighted by atomic mass is 32.2. The fourth-order valence-corrected chi connectivity index (χ4v) is 3.19. The number of benzene rings is 1. The average molecular weight is 296 g/mol. The maximum Gasteiger partial charge on any atom is 0.266 e. The van der Waals surface area contributed by atoms with E-state index >= 15 is 0 Å². The molecule has 0 aliphatic rings. The Hall–Kier alpha value is -1.70. The van der Waals surface area contributed by atoms with E-state index in [4.69, 9.17) is 0 Å². The Labute approximate surface area is 115 Å². The molecule has 0 bridgehead atoms. The second kappa shape index (κ2) is 5.52. The van der Waals surface area contributed by atoms with Gasteiger partial charge in [-0.2, -0.15) is 0 Å². The van der Waals surface area contributed by atoms with Gasteiger partial charge in [-0.3, -0.25) is 10.2 Å². The van der Waals surface area contributed by atoms with E-state index in [0.717, 1.165) is 16.9 Å². The van der Waals surface area contributed by atoms with E-state index in [2.05, 4.69) is 10.3 Å². The van der Waals surface area contributed by atoms with Crippen LogP contribution < -0.4 is 10.3 Å². The molecular formula is C12H12N2O3S2. The lowest BCUT2D eigenvalue weighted by Gasteiger charge is -2.07. The highest BCUT2D eigenvalue weighted by Gasteiger charge is 2.16. The van der Waals surface area contributed by atoms with Gasteiger partial charge < -0.3 is 0 Å². The van der Waals surface area contributed by atoms with Gasteiger partial charge in [0.1, 0.15) is 4.21 Å². The van der Waals surface area contributed by atoms with Gasteiger partial charge in [-0.15, -0.1) is 16.2 Å². The molecule has 0 spiro atoms. The molecule has 1 amide bonds. The number of sulfonamides is 1. The third-order valence-electron chi connectivity index (χ3n) is 2.37. The standard InChI is InChI=1S/C12H12N2O3S2/c1-9-4-6-10(7-5-9)12(15)13-14-19(16,17)11-3-2-8-18-11/h2-8,14H,1H3,(H,13,15). The third kappa shape index (κ3) is 3.40. The fraction of sp³-hybridized carbons (Fsp3) is 0.0833. The summed E-state index contributed by atoms with van der Waals surface area (Å²) in [6.07, 6.45) is 0. The monoisotopic (exact) mass is 296 g/mol. The number of hydrogen-bond donors (Lipinski definition) is 2. The van der Waals surface area contributed by atoms with Crippen molar-refractivity contribution >= 4 is 27.3 Å². The third-order valence-corrected chi connectivity index (χ3v) is 5.02. The molecule has 1 aromatic heterocycles. The van der Waals surface area contributed by atoms with Crippen LogP contribution in [0.25, 0.3) is 0 Å². The van der Waals surface area contributed by atoms with E-state index in [-0.39, 0.29) is 4.21 Å². The zero-order chi connectivity index (χ0) is 13.9. The number of aryl methyl sites for hydroxylation is 1. The number of rotatable bonds is 4. The Balaban J connectivity index is 2.03. The van der Waals surface area contributed by atoms with Gasteiger partial charge in [-0.1, -0.05) is 23.8 Å². The van der Waals surface area contributed by atoms with E-state index in [1.165, 1.54) is 6.07 Å². The van der Waals surface area contributed by atoms with Crippen molar-refractivity contribution in [2.45, 2.75) is 11.1 Å². The molecular weight excluding hydrogens is 284 g/mol. The number of hydrogen-bond acceptors (Lipinski definition) is 4. The smallest absolute Gasteiger partial charge is 0.266 e. The Morgan fingerprint density at radius 1 is 1.16 bits per heavy atom. The van der Waals surface area contributed by atoms with Crippen LogP contribution >= 0.6 is 11.3 Å². The van der Waals surface area contributed by atoms with E-state index < -0.39 is 15.9 Å². The van der Waals surface area contributed by atoms with Crippen molar-refractivity contribution in [1.82, 2.24) is 10.3 Å². The van der Waals surface area contributed by atoms with Crippen LogP contribution in [0.5, 0.6) is 0 Å². The molecule has 2 N–H and O–H groups in total. The normalized spacial score (nSPS) is 11.2. The summed E-state index contributed by atoms with van der Waals surface area (Å²) in [4.78, 5) is 13.8. The van der Waals surface area contributed by atoms with Crippen LogP contribution in [0, 0.1) is 6.92 Å². The first kappa shape index (κ1) is 13.7. The first-order chi connectivity index (χ1) is 8.99. The van der Waals surface area contributed by atoms with Crippen LogP contribution in [0.2, 0.25) is 0 Å². The van der Waals surface area contributed by atoms with Gasteiger partial charge in [-0.25, -0.2) is 8.42 Å². The summed E-state index contributed by atoms with van der Waals surface area (Å²) in [5, 5.41) is 1.65. The molecule has 0 fully saturated rings. The SMILES string of the molecule is Cc1ccc(C(=O)NNS(=O)(=O)c2cccs2)cc1. The number of carbonyl (C=O) groups is 1. The summed E-state index contributed by atoms with van der Waals surface area (Å²) < 4.78 is 23.7. The van der Waals surface area contributed by atoms with Gasteiger partial charge in [0.2, 0.25) is 0 Å². The molecule has 5 nitrogen and oxygen atoms in total. The van der Waals surface area contributed by atoms with E-state index in [0.29, 0.717) is 5.56 Å². The van der Waals surface area contributed by atoms with Crippen LogP contribution in [0.3, 0.4) is 0 Å². The lowest BCUT2D eigenvalue weighted by Crippen LogP contribution is -2.41. The summed E-state index contributed by atoms with van der Waals surface area (Å²) in [5.74, 6) is -0.500. The van der Waals surface area contributed by atoms with Crippen molar-refractivity contribution in [3.05, 3.63) is 52.9 Å². The maximum absolute atomic E-state index is 11.8. The van der Waals surface area contributed by atoms with Crippen molar-refractivity contribution in [3.8, 4) is 0 Å². The van der Waals surface area contributed by atoms with E-state index in [1.54, 1.807) is 35.7 Å². The lowest BCUT2D eigenvalue weighted by atomic mass is 10.1. The number of thiophene rings is 1. The highest BCUT2D eigenvalue weighted by molar-refractivity contribution is 7.91. The van der Waals surface area contributed by atoms with Crippen molar-refractivity contribution in [2.75, 3.05) is 0 Å². The lowest BCUT2D eigenvalue weighted by molar-refractivity contribution is 0.0945. The Bertz CT molecular complexity index is 662. The highest BCUT2D eigenvalue weighted by Crippen LogP contribution is 2.14. The van der Waals surface area contributed by atoms with E-state index in [9.17, 15) is 13.2 Å². The molecule has 0 saturated carbocycles. The van der Waals surface area contributed by atoms with Crippen LogP contribution in [0.1, 0.15) is 15.9 Å². The van der Waals surface area contributed by atoms with Crippen LogP contribution in [-0.4, -0.2) is 14.3 Å². The Morgan fingerprint density at radius 2 is 1.84 bits per heavy atom. The van der Waals surface area contributed by atoms with Gasteiger partial charge in [0.15, 0.2) is 0 Å². The molecule has 2 rings (SSSR count). The molecule has 0 atom stereocenters. The summed E-state index contributed by atoms with van der Waals surface area (Å²) >= 11 is 1.08. The molecule has 1 heterocycles. The summed E-state index contributed by atoms with van der Waals surface area (Å²) in [6.45, 7) is 1.90. The van der Waals surface area contributed by atoms with Crippen molar-refractivity contribution < 1.29 is 13.2 Å². The minimum Gasteiger partial charge on any atom is -0.273 e. The summed E-state index contributed by atoms with van der Waals surface area (Å²) in [7, 11) is -3.69. The zero-order valence-electron chi connectivity index (χ0n) is 10.1. The number of amides is 1. The summed E-state index contributed by atoms with van der Waals surface area (Å²) in [5.41, 5.74) is 3.59. The molecule has 0 radical (unpaired) electrons. The molecule has 7 heteroatoms. The number of hydrazine groups is 1. The molecule has 0 saturated heterocycles. The van der Waals surface area contributed by atoms with Crippen LogP contribution in [0.15, 0.2) is 46.0 Å². The fourth-order valence-electron chi connectivity index (χ4n) is 1.36. The largest absolute Gasteiger partial charge is 0.273 e. The molecule has 0 aliphatic heterocycles. The Morgan fingerprint density at radius 3 is 2.42 bits per heavy atom. The number of carbonyl (C=O) groups excluding carboxylic acids is 1. The first-order valence-corrected chi connectivity index (χ1v) is 7.78. The van der Waals surface area contributed by atoms with Gasteiger partial charge in [-0.05, 0) is 30.5 Å². The van der Waals surface area contributed by atoms with E-state index in [1.807, 2.05) is 6.92 Å². The topological polar surface area (TPSA) is 75.3 Å². The second-order valence-corrected chi connectivity index (χ2v) is 6.71. The molecule has 2 aromatic rings. The predicted molar refractivity (Wildman–Crippen MR) is 73.3 cm³/mol. The molecule has 0 aliphatic carbocycles. The molecule has 19 heavy (non-hydrogen) atoms. The zero-order valence-corrected chi connectivity index (χ0v) is 11.7. The molecule has 0 unspecified atom stereocenters. The van der Waals surface area contributed by atoms with Crippen molar-refractivity contribution in [1.29, 1.82) is 0 Å². The first-order valence-electron chi connectivity index (χ1n) is 5.41. The minimum atomic E-state index is -3.69. The summed E-state index contributed by atoms with van der Waals surface area (Å²) in [6, 6.07) is 9.91. The van der Waals surface area contributed by atoms with Gasteiger partial charge in [0.05, 0.1) is 0 Å². The predicted octanol–water partition coefficient (Wildman–Crippen LogP) is 1.68. The minimum absolute atomic E-state index is 0.150. The van der Waals surface area contributed by atoms with Gasteiger partial charge in [0, 0.05) is 5.56 Å². The Kier molecular flexibility index (Phi) is 3.98. The number of nitrogens with one attached hydrogen (secondary N) is 2. The van der Waals surface area contributed by atoms with Gasteiger partial charge >= 0.3 is 0 Å². The maximum atomic E-state index is 11.8. The van der Waals surface area contributed by atoms with Crippen molar-refractivity contribution in [2.24, 2.45) is 0 Å². The quantitative estimate of drug-likeness (QED) is 0.843. The second-order valence-electron chi connectivity index (χ2n) is 3.86. The average Bonchev–Trinajstić information content (AvgIpc) is 2.91. The van der Waals surface area contributed by atoms with Crippen LogP contribution in [-0.2, 0) is 10.0 Å². The van der Waals surface area contributed by atoms with Crippen molar-refractivity contribution in [3.63, 3.8) is 0 Å².